The summed E-state index contributed by atoms with van der Waals surface area (Å²) >= 11 is 5.68. The zero-order chi connectivity index (χ0) is 10.7. The van der Waals surface area contributed by atoms with Crippen LogP contribution in [0.2, 0.25) is 5.02 Å². The minimum absolute atomic E-state index is 0.110. The quantitative estimate of drug-likeness (QED) is 0.771. The molecule has 0 bridgehead atoms. The Labute approximate surface area is 84.6 Å². The molecule has 0 aliphatic carbocycles. The van der Waals surface area contributed by atoms with Crippen LogP contribution < -0.4 is 16.2 Å². The second-order valence-corrected chi connectivity index (χ2v) is 3.02. The van der Waals surface area contributed by atoms with Crippen LogP contribution in [0.1, 0.15) is 0 Å². The standard InChI is InChI=1S/C8H9ClF2N2O/c9-4-1-5(12)6(13)2-7(4)14-3-8(10)11/h1-2,8H,3,12-13H2. The first-order valence-electron chi connectivity index (χ1n) is 3.76. The van der Waals surface area contributed by atoms with E-state index in [4.69, 9.17) is 27.8 Å². The Morgan fingerprint density at radius 2 is 1.86 bits per heavy atom. The summed E-state index contributed by atoms with van der Waals surface area (Å²) < 4.78 is 28.3. The summed E-state index contributed by atoms with van der Waals surface area (Å²) in [5.74, 6) is 0.110. The molecule has 0 aliphatic rings. The molecule has 1 aromatic carbocycles. The molecule has 0 aliphatic heterocycles. The Morgan fingerprint density at radius 3 is 2.43 bits per heavy atom. The van der Waals surface area contributed by atoms with Gasteiger partial charge in [-0.3, -0.25) is 0 Å². The number of hydrogen-bond donors (Lipinski definition) is 2. The molecule has 0 atom stereocenters. The average Bonchev–Trinajstić information content (AvgIpc) is 2.09. The lowest BCUT2D eigenvalue weighted by molar-refractivity contribution is 0.0820. The summed E-state index contributed by atoms with van der Waals surface area (Å²) in [5, 5.41) is 0.164. The van der Waals surface area contributed by atoms with Gasteiger partial charge in [0.15, 0.2) is 0 Å². The van der Waals surface area contributed by atoms with Crippen molar-refractivity contribution in [2.75, 3.05) is 18.1 Å². The predicted molar refractivity (Wildman–Crippen MR) is 51.8 cm³/mol. The monoisotopic (exact) mass is 222 g/mol. The Kier molecular flexibility index (Phi) is 3.35. The summed E-state index contributed by atoms with van der Waals surface area (Å²) in [7, 11) is 0. The molecule has 0 spiro atoms. The van der Waals surface area contributed by atoms with Gasteiger partial charge in [0.1, 0.15) is 12.4 Å². The molecule has 78 valence electrons. The number of anilines is 2. The van der Waals surface area contributed by atoms with E-state index in [1.807, 2.05) is 0 Å². The van der Waals surface area contributed by atoms with E-state index < -0.39 is 13.0 Å². The summed E-state index contributed by atoms with van der Waals surface area (Å²) in [4.78, 5) is 0. The zero-order valence-electron chi connectivity index (χ0n) is 7.14. The van der Waals surface area contributed by atoms with Gasteiger partial charge in [-0.15, -0.1) is 0 Å². The highest BCUT2D eigenvalue weighted by Crippen LogP contribution is 2.31. The van der Waals surface area contributed by atoms with Crippen LogP contribution in [-0.2, 0) is 0 Å². The fourth-order valence-corrected chi connectivity index (χ4v) is 1.07. The van der Waals surface area contributed by atoms with Crippen LogP contribution in [0.4, 0.5) is 20.2 Å². The van der Waals surface area contributed by atoms with Crippen molar-refractivity contribution in [1.29, 1.82) is 0 Å². The van der Waals surface area contributed by atoms with Gasteiger partial charge >= 0.3 is 0 Å². The maximum atomic E-state index is 11.8. The molecule has 0 unspecified atom stereocenters. The minimum Gasteiger partial charge on any atom is -0.486 e. The number of ether oxygens (including phenoxy) is 1. The van der Waals surface area contributed by atoms with Gasteiger partial charge in [0.2, 0.25) is 0 Å². The fourth-order valence-electron chi connectivity index (χ4n) is 0.848. The van der Waals surface area contributed by atoms with E-state index in [0.29, 0.717) is 5.69 Å². The van der Waals surface area contributed by atoms with Crippen molar-refractivity contribution in [1.82, 2.24) is 0 Å². The highest BCUT2D eigenvalue weighted by molar-refractivity contribution is 6.32. The van der Waals surface area contributed by atoms with Gasteiger partial charge < -0.3 is 16.2 Å². The van der Waals surface area contributed by atoms with E-state index in [0.717, 1.165) is 0 Å². The van der Waals surface area contributed by atoms with Crippen LogP contribution in [0.5, 0.6) is 5.75 Å². The molecular formula is C8H9ClF2N2O. The summed E-state index contributed by atoms with van der Waals surface area (Å²) in [5.41, 5.74) is 11.4. The summed E-state index contributed by atoms with van der Waals surface area (Å²) in [6.45, 7) is -0.719. The highest BCUT2D eigenvalue weighted by Gasteiger charge is 2.08. The molecule has 0 heterocycles. The van der Waals surface area contributed by atoms with E-state index >= 15 is 0 Å². The number of nitrogen functional groups attached to an aromatic ring is 2. The number of nitrogens with two attached hydrogens (primary N) is 2. The molecular weight excluding hydrogens is 214 g/mol. The maximum Gasteiger partial charge on any atom is 0.272 e. The van der Waals surface area contributed by atoms with Crippen molar-refractivity contribution in [3.8, 4) is 5.75 Å². The first-order chi connectivity index (χ1) is 6.50. The third-order valence-corrected chi connectivity index (χ3v) is 1.80. The molecule has 1 rings (SSSR count). The van der Waals surface area contributed by atoms with Gasteiger partial charge in [0, 0.05) is 6.07 Å². The average molecular weight is 223 g/mol. The summed E-state index contributed by atoms with van der Waals surface area (Å²) in [6, 6.07) is 2.68. The van der Waals surface area contributed by atoms with E-state index in [1.165, 1.54) is 12.1 Å². The second-order valence-electron chi connectivity index (χ2n) is 2.61. The normalized spacial score (nSPS) is 10.6. The van der Waals surface area contributed by atoms with E-state index in [1.54, 1.807) is 0 Å². The number of alkyl halides is 2. The lowest BCUT2D eigenvalue weighted by Gasteiger charge is -2.09. The van der Waals surface area contributed by atoms with Crippen molar-refractivity contribution >= 4 is 23.0 Å². The number of hydrogen-bond acceptors (Lipinski definition) is 3. The Hall–Kier alpha value is -1.23. The number of rotatable bonds is 3. The van der Waals surface area contributed by atoms with Crippen LogP contribution in [0.3, 0.4) is 0 Å². The number of benzene rings is 1. The van der Waals surface area contributed by atoms with Gasteiger partial charge in [0.05, 0.1) is 16.4 Å². The highest BCUT2D eigenvalue weighted by atomic mass is 35.5. The number of halogens is 3. The molecule has 0 radical (unpaired) electrons. The van der Waals surface area contributed by atoms with E-state index in [2.05, 4.69) is 0 Å². The predicted octanol–water partition coefficient (Wildman–Crippen LogP) is 2.15. The topological polar surface area (TPSA) is 61.3 Å². The third kappa shape index (κ3) is 2.63. The van der Waals surface area contributed by atoms with Crippen molar-refractivity contribution in [3.05, 3.63) is 17.2 Å². The molecule has 3 nitrogen and oxygen atoms in total. The molecule has 1 aromatic rings. The van der Waals surface area contributed by atoms with Gasteiger partial charge in [-0.1, -0.05) is 11.6 Å². The molecule has 0 saturated carbocycles. The van der Waals surface area contributed by atoms with Crippen LogP contribution in [0, 0.1) is 0 Å². The van der Waals surface area contributed by atoms with Crippen molar-refractivity contribution in [3.63, 3.8) is 0 Å². The largest absolute Gasteiger partial charge is 0.486 e. The molecule has 0 amide bonds. The van der Waals surface area contributed by atoms with Crippen molar-refractivity contribution in [2.24, 2.45) is 0 Å². The van der Waals surface area contributed by atoms with Gasteiger partial charge in [0.25, 0.3) is 6.43 Å². The van der Waals surface area contributed by atoms with E-state index in [9.17, 15) is 8.78 Å². The maximum absolute atomic E-state index is 11.8. The molecule has 0 aromatic heterocycles. The Balaban J connectivity index is 2.82. The van der Waals surface area contributed by atoms with Crippen LogP contribution in [-0.4, -0.2) is 13.0 Å². The molecule has 4 N–H and O–H groups in total. The second kappa shape index (κ2) is 4.32. The zero-order valence-corrected chi connectivity index (χ0v) is 7.89. The first kappa shape index (κ1) is 10.8. The van der Waals surface area contributed by atoms with Gasteiger partial charge in [-0.05, 0) is 6.07 Å². The lowest BCUT2D eigenvalue weighted by atomic mass is 10.2. The fraction of sp³-hybridized carbons (Fsp3) is 0.250. The van der Waals surface area contributed by atoms with Gasteiger partial charge in [-0.25, -0.2) is 8.78 Å². The Bertz CT molecular complexity index is 333. The minimum atomic E-state index is -2.55. The van der Waals surface area contributed by atoms with Crippen molar-refractivity contribution in [2.45, 2.75) is 6.43 Å². The smallest absolute Gasteiger partial charge is 0.272 e. The SMILES string of the molecule is Nc1cc(Cl)c(OCC(F)F)cc1N. The molecule has 14 heavy (non-hydrogen) atoms. The third-order valence-electron chi connectivity index (χ3n) is 1.50. The van der Waals surface area contributed by atoms with Crippen molar-refractivity contribution < 1.29 is 13.5 Å². The van der Waals surface area contributed by atoms with Crippen LogP contribution in [0.15, 0.2) is 12.1 Å². The Morgan fingerprint density at radius 1 is 1.29 bits per heavy atom. The van der Waals surface area contributed by atoms with Crippen LogP contribution >= 0.6 is 11.6 Å². The molecule has 6 heteroatoms. The summed E-state index contributed by atoms with van der Waals surface area (Å²) in [6.07, 6.45) is -2.55. The first-order valence-corrected chi connectivity index (χ1v) is 4.14. The molecule has 0 fully saturated rings. The lowest BCUT2D eigenvalue weighted by Crippen LogP contribution is -2.08. The van der Waals surface area contributed by atoms with Crippen LogP contribution in [0.25, 0.3) is 0 Å². The molecule has 0 saturated heterocycles. The van der Waals surface area contributed by atoms with Gasteiger partial charge in [-0.2, -0.15) is 0 Å². The van der Waals surface area contributed by atoms with E-state index in [-0.39, 0.29) is 16.5 Å².